The SMILES string of the molecule is COc1cc(C)ccc1OCC(N)c1cc(C)cc(C)c1. The molecule has 0 radical (unpaired) electrons. The van der Waals surface area contributed by atoms with Crippen molar-refractivity contribution in [1.82, 2.24) is 0 Å². The summed E-state index contributed by atoms with van der Waals surface area (Å²) in [6.07, 6.45) is 0. The molecule has 1 atom stereocenters. The largest absolute Gasteiger partial charge is 0.493 e. The Morgan fingerprint density at radius 2 is 1.57 bits per heavy atom. The van der Waals surface area contributed by atoms with Crippen LogP contribution in [0.25, 0.3) is 0 Å². The van der Waals surface area contributed by atoms with E-state index < -0.39 is 0 Å². The minimum Gasteiger partial charge on any atom is -0.493 e. The van der Waals surface area contributed by atoms with Gasteiger partial charge in [-0.25, -0.2) is 0 Å². The maximum Gasteiger partial charge on any atom is 0.161 e. The Morgan fingerprint density at radius 3 is 2.19 bits per heavy atom. The van der Waals surface area contributed by atoms with Crippen LogP contribution in [0.3, 0.4) is 0 Å². The van der Waals surface area contributed by atoms with Crippen LogP contribution in [0, 0.1) is 20.8 Å². The standard InChI is InChI=1S/C18H23NO2/c1-12-5-6-17(18(10-12)20-4)21-11-16(19)15-8-13(2)7-14(3)9-15/h5-10,16H,11,19H2,1-4H3. The Morgan fingerprint density at radius 1 is 0.905 bits per heavy atom. The van der Waals surface area contributed by atoms with Crippen molar-refractivity contribution in [2.24, 2.45) is 5.73 Å². The molecular formula is C18H23NO2. The van der Waals surface area contributed by atoms with E-state index in [1.54, 1.807) is 7.11 Å². The lowest BCUT2D eigenvalue weighted by Crippen LogP contribution is -2.19. The van der Waals surface area contributed by atoms with E-state index in [9.17, 15) is 0 Å². The van der Waals surface area contributed by atoms with Crippen molar-refractivity contribution in [3.05, 3.63) is 58.7 Å². The lowest BCUT2D eigenvalue weighted by atomic mass is 10.0. The molecule has 0 aliphatic carbocycles. The van der Waals surface area contributed by atoms with E-state index in [0.29, 0.717) is 6.61 Å². The number of benzene rings is 2. The Hall–Kier alpha value is -2.00. The van der Waals surface area contributed by atoms with E-state index in [0.717, 1.165) is 22.6 Å². The minimum absolute atomic E-state index is 0.158. The highest BCUT2D eigenvalue weighted by molar-refractivity contribution is 5.42. The van der Waals surface area contributed by atoms with Gasteiger partial charge in [0.25, 0.3) is 0 Å². The topological polar surface area (TPSA) is 44.5 Å². The molecule has 0 aliphatic rings. The Kier molecular flexibility index (Phi) is 4.86. The van der Waals surface area contributed by atoms with E-state index in [2.05, 4.69) is 32.0 Å². The van der Waals surface area contributed by atoms with Crippen molar-refractivity contribution in [2.45, 2.75) is 26.8 Å². The van der Waals surface area contributed by atoms with Gasteiger partial charge in [0.2, 0.25) is 0 Å². The fourth-order valence-corrected chi connectivity index (χ4v) is 2.39. The monoisotopic (exact) mass is 285 g/mol. The Balaban J connectivity index is 2.08. The second-order valence-corrected chi connectivity index (χ2v) is 5.49. The van der Waals surface area contributed by atoms with Crippen LogP contribution in [0.1, 0.15) is 28.3 Å². The third-order valence-electron chi connectivity index (χ3n) is 3.41. The van der Waals surface area contributed by atoms with Crippen LogP contribution < -0.4 is 15.2 Å². The van der Waals surface area contributed by atoms with Gasteiger partial charge in [0.05, 0.1) is 13.2 Å². The van der Waals surface area contributed by atoms with Crippen molar-refractivity contribution >= 4 is 0 Å². The van der Waals surface area contributed by atoms with Gasteiger partial charge in [-0.2, -0.15) is 0 Å². The van der Waals surface area contributed by atoms with Gasteiger partial charge in [-0.1, -0.05) is 35.4 Å². The van der Waals surface area contributed by atoms with Crippen LogP contribution in [-0.4, -0.2) is 13.7 Å². The lowest BCUT2D eigenvalue weighted by Gasteiger charge is -2.16. The predicted octanol–water partition coefficient (Wildman–Crippen LogP) is 3.70. The predicted molar refractivity (Wildman–Crippen MR) is 86.1 cm³/mol. The van der Waals surface area contributed by atoms with E-state index in [-0.39, 0.29) is 6.04 Å². The molecule has 0 aromatic heterocycles. The van der Waals surface area contributed by atoms with Crippen molar-refractivity contribution in [1.29, 1.82) is 0 Å². The summed E-state index contributed by atoms with van der Waals surface area (Å²) in [6, 6.07) is 12.1. The van der Waals surface area contributed by atoms with E-state index in [1.807, 2.05) is 25.1 Å². The molecule has 3 heteroatoms. The molecular weight excluding hydrogens is 262 g/mol. The highest BCUT2D eigenvalue weighted by Gasteiger charge is 2.10. The highest BCUT2D eigenvalue weighted by atomic mass is 16.5. The molecule has 112 valence electrons. The normalized spacial score (nSPS) is 12.0. The Labute approximate surface area is 126 Å². The van der Waals surface area contributed by atoms with Crippen LogP contribution in [0.2, 0.25) is 0 Å². The summed E-state index contributed by atoms with van der Waals surface area (Å²) in [7, 11) is 1.64. The van der Waals surface area contributed by atoms with Crippen molar-refractivity contribution in [2.75, 3.05) is 13.7 Å². The second kappa shape index (κ2) is 6.64. The molecule has 3 nitrogen and oxygen atoms in total. The number of rotatable bonds is 5. The molecule has 21 heavy (non-hydrogen) atoms. The molecule has 0 saturated carbocycles. The number of hydrogen-bond donors (Lipinski definition) is 1. The summed E-state index contributed by atoms with van der Waals surface area (Å²) >= 11 is 0. The molecule has 2 N–H and O–H groups in total. The van der Waals surface area contributed by atoms with Crippen LogP contribution in [0.5, 0.6) is 11.5 Å². The summed E-state index contributed by atoms with van der Waals surface area (Å²) in [5, 5.41) is 0. The van der Waals surface area contributed by atoms with Crippen LogP contribution in [0.15, 0.2) is 36.4 Å². The molecule has 1 unspecified atom stereocenters. The molecule has 0 amide bonds. The zero-order valence-corrected chi connectivity index (χ0v) is 13.1. The van der Waals surface area contributed by atoms with Gasteiger partial charge in [0.1, 0.15) is 6.61 Å². The average molecular weight is 285 g/mol. The number of hydrogen-bond acceptors (Lipinski definition) is 3. The van der Waals surface area contributed by atoms with Crippen LogP contribution in [-0.2, 0) is 0 Å². The molecule has 0 saturated heterocycles. The van der Waals surface area contributed by atoms with Crippen molar-refractivity contribution in [3.8, 4) is 11.5 Å². The smallest absolute Gasteiger partial charge is 0.161 e. The summed E-state index contributed by atoms with van der Waals surface area (Å²) in [4.78, 5) is 0. The van der Waals surface area contributed by atoms with Gasteiger partial charge in [-0.3, -0.25) is 0 Å². The van der Waals surface area contributed by atoms with Gasteiger partial charge in [-0.05, 0) is 44.0 Å². The lowest BCUT2D eigenvalue weighted by molar-refractivity contribution is 0.273. The summed E-state index contributed by atoms with van der Waals surface area (Å²) in [6.45, 7) is 6.59. The fourth-order valence-electron chi connectivity index (χ4n) is 2.39. The molecule has 0 fully saturated rings. The quantitative estimate of drug-likeness (QED) is 0.911. The van der Waals surface area contributed by atoms with Crippen LogP contribution >= 0.6 is 0 Å². The van der Waals surface area contributed by atoms with E-state index in [1.165, 1.54) is 11.1 Å². The van der Waals surface area contributed by atoms with Gasteiger partial charge in [0.15, 0.2) is 11.5 Å². The maximum absolute atomic E-state index is 6.24. The number of nitrogens with two attached hydrogens (primary N) is 1. The van der Waals surface area contributed by atoms with Crippen molar-refractivity contribution < 1.29 is 9.47 Å². The third kappa shape index (κ3) is 3.99. The molecule has 2 aromatic rings. The first-order valence-corrected chi connectivity index (χ1v) is 7.11. The van der Waals surface area contributed by atoms with E-state index >= 15 is 0 Å². The number of methoxy groups -OCH3 is 1. The van der Waals surface area contributed by atoms with Gasteiger partial charge in [-0.15, -0.1) is 0 Å². The summed E-state index contributed by atoms with van der Waals surface area (Å²) in [5.41, 5.74) is 10.9. The molecule has 0 aliphatic heterocycles. The molecule has 2 aromatic carbocycles. The number of aryl methyl sites for hydroxylation is 3. The zero-order chi connectivity index (χ0) is 15.4. The third-order valence-corrected chi connectivity index (χ3v) is 3.41. The Bertz CT molecular complexity index is 602. The second-order valence-electron chi connectivity index (χ2n) is 5.49. The molecule has 0 spiro atoms. The van der Waals surface area contributed by atoms with Gasteiger partial charge >= 0.3 is 0 Å². The minimum atomic E-state index is -0.158. The molecule has 0 heterocycles. The first kappa shape index (κ1) is 15.4. The van der Waals surface area contributed by atoms with Crippen LogP contribution in [0.4, 0.5) is 0 Å². The zero-order valence-electron chi connectivity index (χ0n) is 13.1. The highest BCUT2D eigenvalue weighted by Crippen LogP contribution is 2.28. The maximum atomic E-state index is 6.24. The first-order valence-electron chi connectivity index (χ1n) is 7.11. The summed E-state index contributed by atoms with van der Waals surface area (Å²) < 4.78 is 11.2. The van der Waals surface area contributed by atoms with Gasteiger partial charge in [0, 0.05) is 0 Å². The molecule has 0 bridgehead atoms. The summed E-state index contributed by atoms with van der Waals surface area (Å²) in [5.74, 6) is 1.46. The molecule has 2 rings (SSSR count). The fraction of sp³-hybridized carbons (Fsp3) is 0.333. The number of ether oxygens (including phenoxy) is 2. The first-order chi connectivity index (χ1) is 9.99. The van der Waals surface area contributed by atoms with Crippen molar-refractivity contribution in [3.63, 3.8) is 0 Å². The van der Waals surface area contributed by atoms with E-state index in [4.69, 9.17) is 15.2 Å². The average Bonchev–Trinajstić information content (AvgIpc) is 2.44. The van der Waals surface area contributed by atoms with Gasteiger partial charge < -0.3 is 15.2 Å².